The molecule has 0 spiro atoms. The average Bonchev–Trinajstić information content (AvgIpc) is 2.97. The van der Waals surface area contributed by atoms with Crippen LogP contribution >= 0.6 is 0 Å². The van der Waals surface area contributed by atoms with E-state index >= 15 is 0 Å². The minimum absolute atomic E-state index is 0.208. The van der Waals surface area contributed by atoms with Crippen LogP contribution in [0.2, 0.25) is 0 Å². The standard InChI is InChI=1S/C14H25N3O2/c1-16-5-6-19-13-9-17(8-12(13)16)14(18)7-10-3-2-4-11(10)15/h10-13H,2-9,15H2,1H3/t10-,11+,12-,13+/m0/s1. The van der Waals surface area contributed by atoms with Crippen molar-refractivity contribution in [2.45, 2.75) is 43.9 Å². The van der Waals surface area contributed by atoms with Gasteiger partial charge in [-0.15, -0.1) is 0 Å². The summed E-state index contributed by atoms with van der Waals surface area (Å²) < 4.78 is 5.78. The Balaban J connectivity index is 1.56. The first-order valence-electron chi connectivity index (χ1n) is 7.50. The summed E-state index contributed by atoms with van der Waals surface area (Å²) in [6, 6.07) is 0.614. The van der Waals surface area contributed by atoms with Crippen LogP contribution in [0.15, 0.2) is 0 Å². The lowest BCUT2D eigenvalue weighted by Crippen LogP contribution is -2.48. The van der Waals surface area contributed by atoms with Crippen molar-refractivity contribution in [3.8, 4) is 0 Å². The molecule has 1 saturated carbocycles. The van der Waals surface area contributed by atoms with Crippen molar-refractivity contribution < 1.29 is 9.53 Å². The topological polar surface area (TPSA) is 58.8 Å². The molecule has 2 aliphatic heterocycles. The van der Waals surface area contributed by atoms with E-state index in [4.69, 9.17) is 10.5 Å². The summed E-state index contributed by atoms with van der Waals surface area (Å²) in [5.74, 6) is 0.669. The van der Waals surface area contributed by atoms with E-state index in [0.29, 0.717) is 18.4 Å². The smallest absolute Gasteiger partial charge is 0.223 e. The Morgan fingerprint density at radius 1 is 1.37 bits per heavy atom. The van der Waals surface area contributed by atoms with Gasteiger partial charge >= 0.3 is 0 Å². The third-order valence-corrected chi connectivity index (χ3v) is 5.09. The molecule has 0 radical (unpaired) electrons. The normalized spacial score (nSPS) is 39.6. The zero-order valence-corrected chi connectivity index (χ0v) is 11.8. The Bertz CT molecular complexity index is 350. The van der Waals surface area contributed by atoms with Gasteiger partial charge in [-0.2, -0.15) is 0 Å². The third kappa shape index (κ3) is 2.64. The van der Waals surface area contributed by atoms with Crippen molar-refractivity contribution in [2.75, 3.05) is 33.3 Å². The molecule has 2 saturated heterocycles. The molecule has 0 unspecified atom stereocenters. The largest absolute Gasteiger partial charge is 0.373 e. The van der Waals surface area contributed by atoms with E-state index in [-0.39, 0.29) is 18.1 Å². The highest BCUT2D eigenvalue weighted by atomic mass is 16.5. The van der Waals surface area contributed by atoms with E-state index < -0.39 is 0 Å². The molecular formula is C14H25N3O2. The van der Waals surface area contributed by atoms with Crippen LogP contribution in [0.4, 0.5) is 0 Å². The lowest BCUT2D eigenvalue weighted by Gasteiger charge is -2.33. The molecule has 5 nitrogen and oxygen atoms in total. The van der Waals surface area contributed by atoms with Crippen molar-refractivity contribution in [3.63, 3.8) is 0 Å². The van der Waals surface area contributed by atoms with Gasteiger partial charge in [-0.1, -0.05) is 6.42 Å². The SMILES string of the molecule is CN1CCO[C@@H]2CN(C(=O)C[C@@H]3CCC[C@H]3N)C[C@@H]21. The molecule has 1 amide bonds. The predicted molar refractivity (Wildman–Crippen MR) is 72.7 cm³/mol. The minimum Gasteiger partial charge on any atom is -0.373 e. The zero-order chi connectivity index (χ0) is 13.4. The Labute approximate surface area is 115 Å². The number of hydrogen-bond acceptors (Lipinski definition) is 4. The molecule has 19 heavy (non-hydrogen) atoms. The number of carbonyl (C=O) groups excluding carboxylic acids is 1. The lowest BCUT2D eigenvalue weighted by atomic mass is 9.99. The second-order valence-electron chi connectivity index (χ2n) is 6.31. The molecule has 2 N–H and O–H groups in total. The Hall–Kier alpha value is -0.650. The van der Waals surface area contributed by atoms with Gasteiger partial charge in [0.1, 0.15) is 0 Å². The van der Waals surface area contributed by atoms with Crippen molar-refractivity contribution in [3.05, 3.63) is 0 Å². The van der Waals surface area contributed by atoms with Crippen LogP contribution in [-0.4, -0.2) is 67.2 Å². The van der Waals surface area contributed by atoms with E-state index in [2.05, 4.69) is 11.9 Å². The average molecular weight is 267 g/mol. The third-order valence-electron chi connectivity index (χ3n) is 5.09. The number of amides is 1. The van der Waals surface area contributed by atoms with Gasteiger partial charge in [-0.05, 0) is 25.8 Å². The van der Waals surface area contributed by atoms with Crippen LogP contribution in [0.5, 0.6) is 0 Å². The van der Waals surface area contributed by atoms with Crippen LogP contribution < -0.4 is 5.73 Å². The maximum Gasteiger partial charge on any atom is 0.223 e. The van der Waals surface area contributed by atoms with Gasteiger partial charge in [0.15, 0.2) is 0 Å². The number of nitrogens with zero attached hydrogens (tertiary/aromatic N) is 2. The number of hydrogen-bond donors (Lipinski definition) is 1. The van der Waals surface area contributed by atoms with Crippen molar-refractivity contribution in [1.29, 1.82) is 0 Å². The highest BCUT2D eigenvalue weighted by Gasteiger charge is 2.41. The van der Waals surface area contributed by atoms with Crippen LogP contribution in [-0.2, 0) is 9.53 Å². The summed E-state index contributed by atoms with van der Waals surface area (Å²) in [7, 11) is 2.13. The molecule has 0 aromatic heterocycles. The van der Waals surface area contributed by atoms with E-state index in [0.717, 1.165) is 39.1 Å². The van der Waals surface area contributed by atoms with E-state index in [9.17, 15) is 4.79 Å². The lowest BCUT2D eigenvalue weighted by molar-refractivity contribution is -0.131. The first kappa shape index (κ1) is 13.3. The fraction of sp³-hybridized carbons (Fsp3) is 0.929. The molecule has 0 aromatic rings. The van der Waals surface area contributed by atoms with Gasteiger partial charge in [0.2, 0.25) is 5.91 Å². The molecule has 4 atom stereocenters. The van der Waals surface area contributed by atoms with Gasteiger partial charge < -0.3 is 15.4 Å². The molecular weight excluding hydrogens is 242 g/mol. The number of likely N-dealkylation sites (N-methyl/N-ethyl adjacent to an activating group) is 1. The van der Waals surface area contributed by atoms with Gasteiger partial charge in [-0.3, -0.25) is 9.69 Å². The molecule has 108 valence electrons. The molecule has 3 aliphatic rings. The molecule has 3 rings (SSSR count). The van der Waals surface area contributed by atoms with Crippen LogP contribution in [0.3, 0.4) is 0 Å². The van der Waals surface area contributed by atoms with Gasteiger partial charge in [-0.25, -0.2) is 0 Å². The zero-order valence-electron chi connectivity index (χ0n) is 11.8. The fourth-order valence-corrected chi connectivity index (χ4v) is 3.73. The Morgan fingerprint density at radius 2 is 2.21 bits per heavy atom. The monoisotopic (exact) mass is 267 g/mol. The Kier molecular flexibility index (Phi) is 3.78. The summed E-state index contributed by atoms with van der Waals surface area (Å²) in [5.41, 5.74) is 6.06. The molecule has 1 aliphatic carbocycles. The number of ether oxygens (including phenoxy) is 1. The number of rotatable bonds is 2. The van der Waals surface area contributed by atoms with Crippen LogP contribution in [0, 0.1) is 5.92 Å². The number of fused-ring (bicyclic) bond motifs is 1. The van der Waals surface area contributed by atoms with Gasteiger partial charge in [0.25, 0.3) is 0 Å². The summed E-state index contributed by atoms with van der Waals surface area (Å²) in [6.07, 6.45) is 4.21. The second kappa shape index (κ2) is 5.38. The number of nitrogens with two attached hydrogens (primary N) is 1. The van der Waals surface area contributed by atoms with E-state index in [1.54, 1.807) is 0 Å². The summed E-state index contributed by atoms with van der Waals surface area (Å²) >= 11 is 0. The van der Waals surface area contributed by atoms with E-state index in [1.807, 2.05) is 4.90 Å². The Morgan fingerprint density at radius 3 is 2.89 bits per heavy atom. The predicted octanol–water partition coefficient (Wildman–Crippen LogP) is 0.0453. The number of likely N-dealkylation sites (tertiary alicyclic amines) is 1. The molecule has 2 heterocycles. The highest BCUT2D eigenvalue weighted by Crippen LogP contribution is 2.29. The van der Waals surface area contributed by atoms with Crippen LogP contribution in [0.25, 0.3) is 0 Å². The van der Waals surface area contributed by atoms with Crippen LogP contribution in [0.1, 0.15) is 25.7 Å². The van der Waals surface area contributed by atoms with E-state index in [1.165, 1.54) is 6.42 Å². The quantitative estimate of drug-likeness (QED) is 0.768. The number of carbonyl (C=O) groups is 1. The minimum atomic E-state index is 0.208. The van der Waals surface area contributed by atoms with Crippen molar-refractivity contribution in [2.24, 2.45) is 11.7 Å². The first-order valence-corrected chi connectivity index (χ1v) is 7.50. The molecule has 5 heteroatoms. The number of morpholine rings is 1. The van der Waals surface area contributed by atoms with Crippen molar-refractivity contribution >= 4 is 5.91 Å². The molecule has 3 fully saturated rings. The second-order valence-corrected chi connectivity index (χ2v) is 6.31. The summed E-state index contributed by atoms with van der Waals surface area (Å²) in [5, 5.41) is 0. The molecule has 0 aromatic carbocycles. The van der Waals surface area contributed by atoms with Gasteiger partial charge in [0, 0.05) is 32.1 Å². The van der Waals surface area contributed by atoms with Crippen molar-refractivity contribution in [1.82, 2.24) is 9.80 Å². The first-order chi connectivity index (χ1) is 9.15. The maximum atomic E-state index is 12.4. The highest BCUT2D eigenvalue weighted by molar-refractivity contribution is 5.77. The maximum absolute atomic E-state index is 12.4. The fourth-order valence-electron chi connectivity index (χ4n) is 3.73. The summed E-state index contributed by atoms with van der Waals surface area (Å²) in [6.45, 7) is 3.33. The molecule has 0 bridgehead atoms. The summed E-state index contributed by atoms with van der Waals surface area (Å²) in [4.78, 5) is 16.7. The van der Waals surface area contributed by atoms with Gasteiger partial charge in [0.05, 0.1) is 18.8 Å².